The zero-order valence-corrected chi connectivity index (χ0v) is 54.5. The van der Waals surface area contributed by atoms with Crippen molar-refractivity contribution in [3.05, 3.63) is 210 Å². The van der Waals surface area contributed by atoms with Crippen LogP contribution in [0.3, 0.4) is 0 Å². The molecule has 0 radical (unpaired) electrons. The molecule has 0 bridgehead atoms. The van der Waals surface area contributed by atoms with Crippen LogP contribution in [0.2, 0.25) is 0 Å². The number of hydrogen-bond donors (Lipinski definition) is 8. The molecule has 6 aliphatic heterocycles. The van der Waals surface area contributed by atoms with Crippen LogP contribution in [0.5, 0.6) is 0 Å². The van der Waals surface area contributed by atoms with Gasteiger partial charge in [-0.15, -0.1) is 0 Å². The molecule has 3 fully saturated rings. The van der Waals surface area contributed by atoms with Gasteiger partial charge in [-0.05, 0) is 132 Å². The number of carbonyl (C=O) groups is 3. The summed E-state index contributed by atoms with van der Waals surface area (Å²) in [7, 11) is 0. The second kappa shape index (κ2) is 27.0. The van der Waals surface area contributed by atoms with Crippen molar-refractivity contribution in [3.8, 4) is 33.6 Å². The summed E-state index contributed by atoms with van der Waals surface area (Å²) in [5.74, 6) is 2.26. The van der Waals surface area contributed by atoms with E-state index in [0.717, 1.165) is 173 Å². The number of hydrogen-bond acceptors (Lipinski definition) is 18. The van der Waals surface area contributed by atoms with E-state index in [2.05, 4.69) is 117 Å². The largest absolute Gasteiger partial charge is 0.370 e. The standard InChI is InChI=1S/C26H27N7O.C24H22FN7O.C24H23N7O/c1-2-17-9-12-32(13-10-17)18-5-8-23(27-14-18)31-21-7-6-19(20-15-29-26(34)25(20)21)22-16-28-24-4-3-11-30-33(22)24;25-18-2-1-9-32-20(14-28-23(18)32)16-4-5-19(22-17(16)13-29-24(22)33)30-21-6-3-15(12-27-21)31-10-7-26-8-11-31;32-24-23-19(14-27-24)17(18-15-28-31-10-2-1-3-21(18)31)5-6-20(23)29-22-7-4-16(13-26-22)30-11-8-25-9-12-30/h3-8,11,14,16-17H,2,9-10,12-13,15H2,1H3,(H,27,31)(H,29,34);1-6,9,12,14,26H,7-8,10-11,13H2,(H,27,30)(H,29,33);1-7,10,13,15,25H,8-9,11-12,14H2,(H,26,29)(H,27,32). The summed E-state index contributed by atoms with van der Waals surface area (Å²) in [6, 6.07) is 36.7. The van der Waals surface area contributed by atoms with Crippen molar-refractivity contribution >= 4 is 86.1 Å². The lowest BCUT2D eigenvalue weighted by Crippen LogP contribution is -2.43. The molecule has 498 valence electrons. The van der Waals surface area contributed by atoms with Crippen LogP contribution in [0.4, 0.5) is 56.0 Å². The average molecular weight is 1320 g/mol. The summed E-state index contributed by atoms with van der Waals surface area (Å²) in [6.07, 6.45) is 20.1. The minimum absolute atomic E-state index is 0.0711. The Morgan fingerprint density at radius 1 is 0.475 bits per heavy atom. The van der Waals surface area contributed by atoms with Crippen LogP contribution in [0.25, 0.3) is 50.5 Å². The van der Waals surface area contributed by atoms with E-state index in [9.17, 15) is 18.8 Å². The van der Waals surface area contributed by atoms with Crippen molar-refractivity contribution in [1.82, 2.24) is 75.1 Å². The third kappa shape index (κ3) is 12.3. The normalized spacial score (nSPS) is 15.7. The van der Waals surface area contributed by atoms with Crippen LogP contribution in [0.15, 0.2) is 171 Å². The number of carbonyl (C=O) groups excluding carboxylic acids is 3. The fourth-order valence-electron chi connectivity index (χ4n) is 14.2. The van der Waals surface area contributed by atoms with E-state index >= 15 is 0 Å². The number of aromatic nitrogens is 10. The van der Waals surface area contributed by atoms with Gasteiger partial charge in [0.2, 0.25) is 0 Å². The molecule has 3 saturated heterocycles. The highest BCUT2D eigenvalue weighted by atomic mass is 19.1. The Kier molecular flexibility index (Phi) is 16.9. The highest BCUT2D eigenvalue weighted by Gasteiger charge is 2.31. The van der Waals surface area contributed by atoms with Gasteiger partial charge in [0, 0.05) is 120 Å². The number of anilines is 9. The molecule has 0 aliphatic carbocycles. The van der Waals surface area contributed by atoms with Crippen LogP contribution in [-0.2, 0) is 19.6 Å². The highest BCUT2D eigenvalue weighted by Crippen LogP contribution is 2.40. The molecule has 25 heteroatoms. The van der Waals surface area contributed by atoms with E-state index in [1.165, 1.54) is 25.3 Å². The number of benzene rings is 3. The number of piperazine rings is 2. The lowest BCUT2D eigenvalue weighted by atomic mass is 9.94. The van der Waals surface area contributed by atoms with E-state index in [-0.39, 0.29) is 29.2 Å². The molecule has 12 aromatic rings. The molecule has 0 atom stereocenters. The summed E-state index contributed by atoms with van der Waals surface area (Å²) in [5, 5.41) is 34.5. The minimum atomic E-state index is -0.386. The zero-order valence-electron chi connectivity index (χ0n) is 54.5. The molecule has 3 aromatic carbocycles. The molecule has 0 saturated carbocycles. The molecule has 9 aromatic heterocycles. The Balaban J connectivity index is 0.000000116. The van der Waals surface area contributed by atoms with Crippen LogP contribution < -0.4 is 57.2 Å². The number of imidazole rings is 2. The molecule has 0 spiro atoms. The molecule has 18 rings (SSSR count). The van der Waals surface area contributed by atoms with Crippen molar-refractivity contribution in [2.24, 2.45) is 5.92 Å². The predicted molar refractivity (Wildman–Crippen MR) is 381 cm³/mol. The first-order valence-corrected chi connectivity index (χ1v) is 33.7. The summed E-state index contributed by atoms with van der Waals surface area (Å²) < 4.78 is 19.5. The maximum Gasteiger partial charge on any atom is 0.254 e. The Bertz CT molecular complexity index is 5010. The van der Waals surface area contributed by atoms with Crippen molar-refractivity contribution < 1.29 is 18.8 Å². The second-order valence-electron chi connectivity index (χ2n) is 25.2. The predicted octanol–water partition coefficient (Wildman–Crippen LogP) is 10.1. The van der Waals surface area contributed by atoms with E-state index in [4.69, 9.17) is 0 Å². The maximum atomic E-state index is 14.1. The smallest absolute Gasteiger partial charge is 0.254 e. The first-order valence-electron chi connectivity index (χ1n) is 33.7. The monoisotopic (exact) mass is 1320 g/mol. The SMILES string of the molecule is CCC1CCN(c2ccc(Nc3ccc(-c4cnc5cccnn45)c4c3C(=O)NC4)nc2)CC1.O=C1NCc2c(-c3cnc4c(F)cccn34)ccc(Nc3ccc(N4CCNCC4)cn3)c21.O=C1NCc2c(-c3cnn4ccccc34)ccc(Nc3ccc(N4CCNCC4)cn3)c21. The Labute approximate surface area is 569 Å². The number of pyridine rings is 5. The second-order valence-corrected chi connectivity index (χ2v) is 25.2. The fraction of sp³-hybridized carbons (Fsp3) is 0.243. The molecular formula is C74H72FN21O3. The van der Waals surface area contributed by atoms with Crippen LogP contribution in [0, 0.1) is 11.7 Å². The van der Waals surface area contributed by atoms with Gasteiger partial charge in [-0.1, -0.05) is 37.6 Å². The van der Waals surface area contributed by atoms with Gasteiger partial charge in [0.05, 0.1) is 105 Å². The van der Waals surface area contributed by atoms with Gasteiger partial charge in [-0.3, -0.25) is 18.8 Å². The zero-order chi connectivity index (χ0) is 66.9. The van der Waals surface area contributed by atoms with Crippen LogP contribution in [0.1, 0.15) is 74.0 Å². The topological polar surface area (TPSA) is 261 Å². The number of rotatable bonds is 13. The van der Waals surface area contributed by atoms with E-state index < -0.39 is 0 Å². The van der Waals surface area contributed by atoms with Crippen molar-refractivity contribution in [3.63, 3.8) is 0 Å². The van der Waals surface area contributed by atoms with Crippen molar-refractivity contribution in [1.29, 1.82) is 0 Å². The molecule has 99 heavy (non-hydrogen) atoms. The van der Waals surface area contributed by atoms with Crippen LogP contribution in [-0.4, -0.2) is 132 Å². The third-order valence-corrected chi connectivity index (χ3v) is 19.5. The quantitative estimate of drug-likeness (QED) is 0.0534. The highest BCUT2D eigenvalue weighted by molar-refractivity contribution is 6.08. The number of nitrogens with zero attached hydrogens (tertiary/aromatic N) is 13. The first-order chi connectivity index (χ1) is 48.7. The average Bonchev–Trinajstić information content (AvgIpc) is 1.65. The van der Waals surface area contributed by atoms with Crippen molar-refractivity contribution in [2.45, 2.75) is 45.8 Å². The number of nitrogens with one attached hydrogen (secondary N) is 8. The Morgan fingerprint density at radius 3 is 1.53 bits per heavy atom. The third-order valence-electron chi connectivity index (χ3n) is 19.5. The molecule has 3 amide bonds. The first kappa shape index (κ1) is 62.0. The Hall–Kier alpha value is -11.8. The summed E-state index contributed by atoms with van der Waals surface area (Å²) >= 11 is 0. The van der Waals surface area contributed by atoms with Gasteiger partial charge in [0.1, 0.15) is 17.5 Å². The number of fused-ring (bicyclic) bond motifs is 6. The van der Waals surface area contributed by atoms with Crippen LogP contribution >= 0.6 is 0 Å². The molecule has 6 aliphatic rings. The van der Waals surface area contributed by atoms with Gasteiger partial charge in [-0.2, -0.15) is 10.2 Å². The van der Waals surface area contributed by atoms with Crippen molar-refractivity contribution in [2.75, 3.05) is 96.1 Å². The molecule has 24 nitrogen and oxygen atoms in total. The van der Waals surface area contributed by atoms with E-state index in [1.807, 2.05) is 120 Å². The lowest BCUT2D eigenvalue weighted by molar-refractivity contribution is 0.0958. The molecule has 15 heterocycles. The van der Waals surface area contributed by atoms with E-state index in [0.29, 0.717) is 47.8 Å². The van der Waals surface area contributed by atoms with Gasteiger partial charge in [0.15, 0.2) is 17.1 Å². The summed E-state index contributed by atoms with van der Waals surface area (Å²) in [4.78, 5) is 67.7. The van der Waals surface area contributed by atoms with Gasteiger partial charge in [0.25, 0.3) is 17.7 Å². The number of halogens is 1. The van der Waals surface area contributed by atoms with Gasteiger partial charge < -0.3 is 57.2 Å². The molecule has 0 unspecified atom stereocenters. The molecular weight excluding hydrogens is 1250 g/mol. The summed E-state index contributed by atoms with van der Waals surface area (Å²) in [5.41, 5.74) is 17.7. The summed E-state index contributed by atoms with van der Waals surface area (Å²) in [6.45, 7) is 13.6. The van der Waals surface area contributed by atoms with E-state index in [1.54, 1.807) is 39.8 Å². The van der Waals surface area contributed by atoms with Gasteiger partial charge >= 0.3 is 0 Å². The maximum absolute atomic E-state index is 14.1. The Morgan fingerprint density at radius 2 is 0.990 bits per heavy atom. The minimum Gasteiger partial charge on any atom is -0.370 e. The fourth-order valence-corrected chi connectivity index (χ4v) is 14.2. The molecule has 8 N–H and O–H groups in total. The number of piperidine rings is 1. The van der Waals surface area contributed by atoms with Gasteiger partial charge in [-0.25, -0.2) is 38.3 Å². The number of amides is 3. The lowest BCUT2D eigenvalue weighted by Gasteiger charge is -2.33.